The molecule has 2 N–H and O–H groups in total. The van der Waals surface area contributed by atoms with Crippen molar-refractivity contribution in [1.29, 1.82) is 0 Å². The zero-order chi connectivity index (χ0) is 17.8. The van der Waals surface area contributed by atoms with Gasteiger partial charge in [-0.25, -0.2) is 0 Å². The molecule has 0 atom stereocenters. The van der Waals surface area contributed by atoms with Crippen molar-refractivity contribution in [2.75, 3.05) is 0 Å². The van der Waals surface area contributed by atoms with Crippen molar-refractivity contribution < 1.29 is 9.59 Å². The van der Waals surface area contributed by atoms with Crippen LogP contribution in [0.15, 0.2) is 61.2 Å². The molecule has 0 bridgehead atoms. The Morgan fingerprint density at radius 2 is 1.64 bits per heavy atom. The van der Waals surface area contributed by atoms with Crippen LogP contribution in [0.4, 0.5) is 0 Å². The Bertz CT molecular complexity index is 796. The fourth-order valence-corrected chi connectivity index (χ4v) is 3.12. The highest BCUT2D eigenvalue weighted by Gasteiger charge is 2.31. The lowest BCUT2D eigenvalue weighted by Crippen LogP contribution is -2.53. The molecule has 3 rings (SSSR count). The molecule has 1 aliphatic carbocycles. The quantitative estimate of drug-likeness (QED) is 0.806. The highest BCUT2D eigenvalue weighted by Crippen LogP contribution is 2.27. The monoisotopic (exact) mass is 354 g/mol. The van der Waals surface area contributed by atoms with Crippen molar-refractivity contribution in [1.82, 2.24) is 10.6 Å². The van der Waals surface area contributed by atoms with Gasteiger partial charge in [0.25, 0.3) is 5.91 Å². The van der Waals surface area contributed by atoms with E-state index in [1.807, 2.05) is 36.4 Å². The van der Waals surface area contributed by atoms with Crippen LogP contribution in [0.1, 0.15) is 23.2 Å². The summed E-state index contributed by atoms with van der Waals surface area (Å²) in [7, 11) is 0. The van der Waals surface area contributed by atoms with Crippen LogP contribution in [0.3, 0.4) is 0 Å². The van der Waals surface area contributed by atoms with Crippen LogP contribution >= 0.6 is 11.6 Å². The Balaban J connectivity index is 1.56. The maximum absolute atomic E-state index is 12.3. The first kappa shape index (κ1) is 17.2. The Morgan fingerprint density at radius 1 is 1.00 bits per heavy atom. The number of hydrogen-bond acceptors (Lipinski definition) is 2. The molecular weight excluding hydrogens is 336 g/mol. The first-order chi connectivity index (χ1) is 12.1. The van der Waals surface area contributed by atoms with Gasteiger partial charge in [0.1, 0.15) is 0 Å². The number of hydrogen-bond donors (Lipinski definition) is 2. The average Bonchev–Trinajstić information content (AvgIpc) is 2.60. The van der Waals surface area contributed by atoms with Crippen LogP contribution in [0.2, 0.25) is 5.02 Å². The molecule has 25 heavy (non-hydrogen) atoms. The molecule has 0 spiro atoms. The van der Waals surface area contributed by atoms with E-state index < -0.39 is 0 Å². The third-order valence-corrected chi connectivity index (χ3v) is 4.67. The number of amides is 2. The molecule has 1 saturated carbocycles. The van der Waals surface area contributed by atoms with Crippen molar-refractivity contribution in [2.24, 2.45) is 0 Å². The van der Waals surface area contributed by atoms with Crippen molar-refractivity contribution in [3.63, 3.8) is 0 Å². The minimum absolute atomic E-state index is 0.0888. The van der Waals surface area contributed by atoms with Gasteiger partial charge in [0.2, 0.25) is 5.91 Å². The van der Waals surface area contributed by atoms with Crippen molar-refractivity contribution in [3.05, 3.63) is 71.8 Å². The largest absolute Gasteiger partial charge is 0.350 e. The fourth-order valence-electron chi connectivity index (χ4n) is 2.88. The predicted octanol–water partition coefficient (Wildman–Crippen LogP) is 3.57. The lowest BCUT2D eigenvalue weighted by Gasteiger charge is -2.36. The standard InChI is InChI=1S/C20H19ClN2O2/c1-2-19(24)22-15-11-16(12-15)23-20(25)14-9-7-13(8-10-14)17-5-3-4-6-18(17)21/h2-10,15-16H,1,11-12H2,(H,22,24)(H,23,25). The molecule has 4 nitrogen and oxygen atoms in total. The zero-order valence-corrected chi connectivity index (χ0v) is 14.4. The number of rotatable bonds is 5. The number of benzene rings is 2. The molecule has 5 heteroatoms. The molecule has 0 radical (unpaired) electrons. The second-order valence-corrected chi connectivity index (χ2v) is 6.52. The molecule has 1 fully saturated rings. The van der Waals surface area contributed by atoms with E-state index in [4.69, 9.17) is 11.6 Å². The van der Waals surface area contributed by atoms with E-state index in [1.54, 1.807) is 12.1 Å². The van der Waals surface area contributed by atoms with E-state index in [2.05, 4.69) is 17.2 Å². The third kappa shape index (κ3) is 4.09. The molecule has 2 amide bonds. The van der Waals surface area contributed by atoms with Crippen molar-refractivity contribution >= 4 is 23.4 Å². The summed E-state index contributed by atoms with van der Waals surface area (Å²) < 4.78 is 0. The summed E-state index contributed by atoms with van der Waals surface area (Å²) in [5, 5.41) is 6.48. The number of carbonyl (C=O) groups is 2. The van der Waals surface area contributed by atoms with Gasteiger partial charge in [0.05, 0.1) is 0 Å². The molecule has 0 saturated heterocycles. The Labute approximate surface area is 151 Å². The van der Waals surface area contributed by atoms with Gasteiger partial charge in [-0.15, -0.1) is 0 Å². The normalized spacial score (nSPS) is 18.8. The summed E-state index contributed by atoms with van der Waals surface area (Å²) in [6, 6.07) is 15.2. The van der Waals surface area contributed by atoms with Gasteiger partial charge >= 0.3 is 0 Å². The van der Waals surface area contributed by atoms with E-state index in [9.17, 15) is 9.59 Å². The SMILES string of the molecule is C=CC(=O)NC1CC(NC(=O)c2ccc(-c3ccccc3Cl)cc2)C1. The third-order valence-electron chi connectivity index (χ3n) is 4.34. The van der Waals surface area contributed by atoms with Gasteiger partial charge in [0, 0.05) is 28.2 Å². The van der Waals surface area contributed by atoms with Crippen LogP contribution in [-0.4, -0.2) is 23.9 Å². The summed E-state index contributed by atoms with van der Waals surface area (Å²) in [5.74, 6) is -0.283. The zero-order valence-electron chi connectivity index (χ0n) is 13.7. The number of carbonyl (C=O) groups excluding carboxylic acids is 2. The summed E-state index contributed by atoms with van der Waals surface area (Å²) in [6.07, 6.45) is 2.73. The van der Waals surface area contributed by atoms with Gasteiger partial charge in [0.15, 0.2) is 0 Å². The second kappa shape index (κ2) is 7.53. The van der Waals surface area contributed by atoms with Gasteiger partial charge in [-0.2, -0.15) is 0 Å². The van der Waals surface area contributed by atoms with E-state index in [-0.39, 0.29) is 23.9 Å². The summed E-state index contributed by atoms with van der Waals surface area (Å²) >= 11 is 6.20. The first-order valence-corrected chi connectivity index (χ1v) is 8.53. The Kier molecular flexibility index (Phi) is 5.19. The predicted molar refractivity (Wildman–Crippen MR) is 99.5 cm³/mol. The van der Waals surface area contributed by atoms with E-state index in [0.29, 0.717) is 10.6 Å². The minimum Gasteiger partial charge on any atom is -0.350 e. The van der Waals surface area contributed by atoms with E-state index in [0.717, 1.165) is 24.0 Å². The Morgan fingerprint density at radius 3 is 2.28 bits per heavy atom. The van der Waals surface area contributed by atoms with E-state index >= 15 is 0 Å². The van der Waals surface area contributed by atoms with Gasteiger partial charge in [-0.05, 0) is 42.7 Å². The van der Waals surface area contributed by atoms with Gasteiger partial charge in [-0.3, -0.25) is 9.59 Å². The molecule has 0 aromatic heterocycles. The molecular formula is C20H19ClN2O2. The van der Waals surface area contributed by atoms with Gasteiger partial charge < -0.3 is 10.6 Å². The fraction of sp³-hybridized carbons (Fsp3) is 0.200. The molecule has 0 aliphatic heterocycles. The van der Waals surface area contributed by atoms with E-state index in [1.165, 1.54) is 6.08 Å². The summed E-state index contributed by atoms with van der Waals surface area (Å²) in [5.41, 5.74) is 2.52. The maximum atomic E-state index is 12.3. The topological polar surface area (TPSA) is 58.2 Å². The molecule has 2 aromatic carbocycles. The molecule has 128 valence electrons. The molecule has 1 aliphatic rings. The highest BCUT2D eigenvalue weighted by molar-refractivity contribution is 6.33. The lowest BCUT2D eigenvalue weighted by atomic mass is 9.86. The smallest absolute Gasteiger partial charge is 0.251 e. The van der Waals surface area contributed by atoms with Crippen molar-refractivity contribution in [3.8, 4) is 11.1 Å². The lowest BCUT2D eigenvalue weighted by molar-refractivity contribution is -0.117. The highest BCUT2D eigenvalue weighted by atomic mass is 35.5. The maximum Gasteiger partial charge on any atom is 0.251 e. The van der Waals surface area contributed by atoms with Gasteiger partial charge in [-0.1, -0.05) is 48.5 Å². The average molecular weight is 355 g/mol. The minimum atomic E-state index is -0.176. The van der Waals surface area contributed by atoms with Crippen LogP contribution in [0.25, 0.3) is 11.1 Å². The van der Waals surface area contributed by atoms with Crippen molar-refractivity contribution in [2.45, 2.75) is 24.9 Å². The molecule has 0 unspecified atom stereocenters. The van der Waals surface area contributed by atoms with Crippen LogP contribution in [0, 0.1) is 0 Å². The Hall–Kier alpha value is -2.59. The number of halogens is 1. The number of nitrogens with one attached hydrogen (secondary N) is 2. The first-order valence-electron chi connectivity index (χ1n) is 8.15. The second-order valence-electron chi connectivity index (χ2n) is 6.11. The molecule has 2 aromatic rings. The molecule has 0 heterocycles. The summed E-state index contributed by atoms with van der Waals surface area (Å²) in [6.45, 7) is 3.42. The van der Waals surface area contributed by atoms with Crippen LogP contribution in [-0.2, 0) is 4.79 Å². The summed E-state index contributed by atoms with van der Waals surface area (Å²) in [4.78, 5) is 23.5. The van der Waals surface area contributed by atoms with Crippen LogP contribution in [0.5, 0.6) is 0 Å². The van der Waals surface area contributed by atoms with Crippen LogP contribution < -0.4 is 10.6 Å².